The van der Waals surface area contributed by atoms with Crippen molar-refractivity contribution in [1.29, 1.82) is 0 Å². The Hall–Kier alpha value is -0.960. The Kier molecular flexibility index (Phi) is 5.73. The zero-order valence-corrected chi connectivity index (χ0v) is 12.2. The van der Waals surface area contributed by atoms with Crippen molar-refractivity contribution >= 4 is 18.6 Å². The minimum absolute atomic E-state index is 0.141. The number of esters is 1. The van der Waals surface area contributed by atoms with E-state index in [4.69, 9.17) is 4.74 Å². The van der Waals surface area contributed by atoms with Crippen molar-refractivity contribution < 1.29 is 9.53 Å². The molecule has 18 heavy (non-hydrogen) atoms. The third kappa shape index (κ3) is 6.10. The van der Waals surface area contributed by atoms with Crippen LogP contribution in [0.25, 0.3) is 0 Å². The predicted octanol–water partition coefficient (Wildman–Crippen LogP) is 3.51. The molecule has 0 aliphatic heterocycles. The number of carbonyl (C=O) groups excluding carboxylic acids is 1. The van der Waals surface area contributed by atoms with Gasteiger partial charge in [-0.2, -0.15) is 12.6 Å². The van der Waals surface area contributed by atoms with Crippen LogP contribution in [-0.4, -0.2) is 17.3 Å². The van der Waals surface area contributed by atoms with Crippen molar-refractivity contribution in [3.63, 3.8) is 0 Å². The second-order valence-electron chi connectivity index (χ2n) is 5.53. The van der Waals surface area contributed by atoms with E-state index in [2.05, 4.69) is 24.8 Å². The highest BCUT2D eigenvalue weighted by atomic mass is 32.1. The summed E-state index contributed by atoms with van der Waals surface area (Å²) in [4.78, 5) is 11.8. The van der Waals surface area contributed by atoms with Gasteiger partial charge in [0.05, 0.1) is 0 Å². The van der Waals surface area contributed by atoms with Crippen LogP contribution in [0.4, 0.5) is 0 Å². The van der Waals surface area contributed by atoms with Gasteiger partial charge >= 0.3 is 5.97 Å². The Balaban J connectivity index is 2.50. The molecular formula is C15H22O2S. The van der Waals surface area contributed by atoms with E-state index in [1.54, 1.807) is 0 Å². The van der Waals surface area contributed by atoms with Crippen molar-refractivity contribution in [2.24, 2.45) is 5.92 Å². The second-order valence-corrected chi connectivity index (χ2v) is 5.89. The molecule has 1 atom stereocenters. The molecule has 0 bridgehead atoms. The monoisotopic (exact) mass is 266 g/mol. The molecule has 0 heterocycles. The van der Waals surface area contributed by atoms with Crippen LogP contribution in [0.15, 0.2) is 30.3 Å². The molecule has 0 unspecified atom stereocenters. The minimum atomic E-state index is -0.412. The summed E-state index contributed by atoms with van der Waals surface area (Å²) in [6.07, 6.45) is 1.29. The lowest BCUT2D eigenvalue weighted by atomic mass is 9.98. The number of benzene rings is 1. The number of hydrogen-bond acceptors (Lipinski definition) is 3. The molecule has 2 nitrogen and oxygen atoms in total. The molecule has 0 aromatic heterocycles. The summed E-state index contributed by atoms with van der Waals surface area (Å²) in [6.45, 7) is 5.66. The van der Waals surface area contributed by atoms with Gasteiger partial charge in [-0.05, 0) is 44.4 Å². The fourth-order valence-electron chi connectivity index (χ4n) is 1.77. The van der Waals surface area contributed by atoms with Crippen LogP contribution in [0, 0.1) is 5.92 Å². The highest BCUT2D eigenvalue weighted by Gasteiger charge is 2.20. The van der Waals surface area contributed by atoms with Gasteiger partial charge in [0.2, 0.25) is 0 Å². The molecule has 0 spiro atoms. The van der Waals surface area contributed by atoms with E-state index in [-0.39, 0.29) is 11.9 Å². The lowest BCUT2D eigenvalue weighted by molar-refractivity contribution is -0.155. The average Bonchev–Trinajstić information content (AvgIpc) is 2.27. The number of carbonyl (C=O) groups is 1. The van der Waals surface area contributed by atoms with E-state index in [9.17, 15) is 4.79 Å². The third-order valence-corrected chi connectivity index (χ3v) is 3.02. The van der Waals surface area contributed by atoms with Gasteiger partial charge in [0, 0.05) is 6.42 Å². The Morgan fingerprint density at radius 2 is 1.89 bits per heavy atom. The first-order valence-corrected chi connectivity index (χ1v) is 6.90. The molecule has 0 N–H and O–H groups in total. The topological polar surface area (TPSA) is 26.3 Å². The molecule has 0 saturated heterocycles. The van der Waals surface area contributed by atoms with E-state index in [1.165, 1.54) is 5.56 Å². The van der Waals surface area contributed by atoms with Gasteiger partial charge in [0.15, 0.2) is 0 Å². The van der Waals surface area contributed by atoms with Crippen molar-refractivity contribution in [1.82, 2.24) is 0 Å². The van der Waals surface area contributed by atoms with Gasteiger partial charge < -0.3 is 4.74 Å². The molecule has 3 heteroatoms. The van der Waals surface area contributed by atoms with E-state index >= 15 is 0 Å². The average molecular weight is 266 g/mol. The second kappa shape index (κ2) is 6.83. The van der Waals surface area contributed by atoms with Gasteiger partial charge in [0.25, 0.3) is 0 Å². The molecule has 0 aliphatic rings. The SMILES string of the molecule is CC(C)(C)OC(=O)C[C@@H](CS)Cc1ccccc1. The Morgan fingerprint density at radius 1 is 1.28 bits per heavy atom. The quantitative estimate of drug-likeness (QED) is 0.652. The molecule has 0 amide bonds. The molecule has 1 aromatic rings. The highest BCUT2D eigenvalue weighted by Crippen LogP contribution is 2.17. The van der Waals surface area contributed by atoms with Crippen molar-refractivity contribution in [3.8, 4) is 0 Å². The minimum Gasteiger partial charge on any atom is -0.460 e. The zero-order valence-electron chi connectivity index (χ0n) is 11.3. The zero-order chi connectivity index (χ0) is 13.6. The van der Waals surface area contributed by atoms with E-state index in [1.807, 2.05) is 39.0 Å². The maximum Gasteiger partial charge on any atom is 0.306 e. The van der Waals surface area contributed by atoms with Crippen molar-refractivity contribution in [2.45, 2.75) is 39.2 Å². The molecule has 0 radical (unpaired) electrons. The number of ether oxygens (including phenoxy) is 1. The lowest BCUT2D eigenvalue weighted by Gasteiger charge is -2.21. The highest BCUT2D eigenvalue weighted by molar-refractivity contribution is 7.80. The maximum absolute atomic E-state index is 11.8. The fourth-order valence-corrected chi connectivity index (χ4v) is 2.03. The summed E-state index contributed by atoms with van der Waals surface area (Å²) in [5.41, 5.74) is 0.824. The Labute approximate surface area is 115 Å². The first-order chi connectivity index (χ1) is 8.40. The van der Waals surface area contributed by atoms with Crippen LogP contribution in [0.2, 0.25) is 0 Å². The van der Waals surface area contributed by atoms with Crippen molar-refractivity contribution in [3.05, 3.63) is 35.9 Å². The lowest BCUT2D eigenvalue weighted by Crippen LogP contribution is -2.26. The van der Waals surface area contributed by atoms with Crippen LogP contribution in [-0.2, 0) is 16.0 Å². The normalized spacial score (nSPS) is 13.1. The summed E-state index contributed by atoms with van der Waals surface area (Å²) in [6, 6.07) is 10.2. The molecule has 0 saturated carbocycles. The van der Waals surface area contributed by atoms with Gasteiger partial charge in [-0.3, -0.25) is 4.79 Å². The molecule has 0 fully saturated rings. The first-order valence-electron chi connectivity index (χ1n) is 6.27. The van der Waals surface area contributed by atoms with Crippen molar-refractivity contribution in [2.75, 3.05) is 5.75 Å². The van der Waals surface area contributed by atoms with Crippen LogP contribution in [0.5, 0.6) is 0 Å². The van der Waals surface area contributed by atoms with Gasteiger partial charge in [-0.25, -0.2) is 0 Å². The standard InChI is InChI=1S/C15H22O2S/c1-15(2,3)17-14(16)10-13(11-18)9-12-7-5-4-6-8-12/h4-8,13,18H,9-11H2,1-3H3/t13-/m0/s1. The van der Waals surface area contributed by atoms with Gasteiger partial charge in [0.1, 0.15) is 5.60 Å². The third-order valence-electron chi connectivity index (χ3n) is 2.50. The Bertz CT molecular complexity index is 368. The van der Waals surface area contributed by atoms with Gasteiger partial charge in [-0.15, -0.1) is 0 Å². The van der Waals surface area contributed by atoms with Gasteiger partial charge in [-0.1, -0.05) is 30.3 Å². The number of rotatable bonds is 5. The van der Waals surface area contributed by atoms with E-state index in [0.29, 0.717) is 12.2 Å². The largest absolute Gasteiger partial charge is 0.460 e. The van der Waals surface area contributed by atoms with E-state index in [0.717, 1.165) is 6.42 Å². The number of hydrogen-bond donors (Lipinski definition) is 1. The van der Waals surface area contributed by atoms with Crippen LogP contribution < -0.4 is 0 Å². The van der Waals surface area contributed by atoms with Crippen LogP contribution in [0.1, 0.15) is 32.8 Å². The number of thiol groups is 1. The molecule has 1 rings (SSSR count). The smallest absolute Gasteiger partial charge is 0.306 e. The van der Waals surface area contributed by atoms with Crippen LogP contribution in [0.3, 0.4) is 0 Å². The summed E-state index contributed by atoms with van der Waals surface area (Å²) in [7, 11) is 0. The maximum atomic E-state index is 11.8. The fraction of sp³-hybridized carbons (Fsp3) is 0.533. The summed E-state index contributed by atoms with van der Waals surface area (Å²) < 4.78 is 5.33. The Morgan fingerprint density at radius 3 is 2.39 bits per heavy atom. The molecule has 0 aliphatic carbocycles. The molecule has 1 aromatic carbocycles. The summed E-state index contributed by atoms with van der Waals surface area (Å²) in [5.74, 6) is 0.775. The van der Waals surface area contributed by atoms with E-state index < -0.39 is 5.60 Å². The summed E-state index contributed by atoms with van der Waals surface area (Å²) >= 11 is 4.32. The summed E-state index contributed by atoms with van der Waals surface area (Å²) in [5, 5.41) is 0. The van der Waals surface area contributed by atoms with Crippen LogP contribution >= 0.6 is 12.6 Å². The predicted molar refractivity (Wildman–Crippen MR) is 78.0 cm³/mol. The first kappa shape index (κ1) is 15.1. The molecule has 100 valence electrons. The molecular weight excluding hydrogens is 244 g/mol.